The van der Waals surface area contributed by atoms with Gasteiger partial charge in [-0.05, 0) is 0 Å². The zero-order valence-electron chi connectivity index (χ0n) is 9.57. The van der Waals surface area contributed by atoms with Crippen LogP contribution in [-0.2, 0) is 12.6 Å². The minimum Gasteiger partial charge on any atom is 1.00 e. The third kappa shape index (κ3) is 7.23. The molecule has 0 bridgehead atoms. The molecular weight excluding hydrogens is 262 g/mol. The zero-order chi connectivity index (χ0) is 10.4. The van der Waals surface area contributed by atoms with E-state index in [2.05, 4.69) is 32.1 Å². The molecule has 0 aliphatic carbocycles. The van der Waals surface area contributed by atoms with E-state index in [4.69, 9.17) is 12.6 Å². The molecule has 0 amide bonds. The van der Waals surface area contributed by atoms with Crippen LogP contribution < -0.4 is 18.9 Å². The van der Waals surface area contributed by atoms with E-state index in [-0.39, 0.29) is 18.9 Å². The summed E-state index contributed by atoms with van der Waals surface area (Å²) in [5.74, 6) is 0.761. The molecule has 0 nitrogen and oxygen atoms in total. The van der Waals surface area contributed by atoms with E-state index >= 15 is 0 Å². The smallest absolute Gasteiger partial charge is 1.00 e. The third-order valence-corrected chi connectivity index (χ3v) is 4.97. The van der Waals surface area contributed by atoms with Crippen molar-refractivity contribution >= 4 is 33.7 Å². The average Bonchev–Trinajstić information content (AvgIpc) is 2.16. The Labute approximate surface area is 117 Å². The van der Waals surface area contributed by atoms with E-state index in [1.165, 1.54) is 10.9 Å². The Hall–Kier alpha value is 0.297. The van der Waals surface area contributed by atoms with Crippen molar-refractivity contribution in [3.05, 3.63) is 39.7 Å². The molecule has 0 heterocycles. The molecule has 0 spiro atoms. The van der Waals surface area contributed by atoms with Gasteiger partial charge in [-0.3, -0.25) is 0 Å². The van der Waals surface area contributed by atoms with Gasteiger partial charge in [-0.25, -0.2) is 0 Å². The van der Waals surface area contributed by atoms with Crippen molar-refractivity contribution in [1.29, 1.82) is 0 Å². The van der Waals surface area contributed by atoms with Crippen LogP contribution in [-0.4, -0.2) is 15.0 Å². The maximum atomic E-state index is 5.33. The van der Waals surface area contributed by atoms with Gasteiger partial charge in [0.2, 0.25) is 0 Å². The summed E-state index contributed by atoms with van der Waals surface area (Å²) >= 11 is 5.81. The molecule has 0 radical (unpaired) electrons. The summed E-state index contributed by atoms with van der Waals surface area (Å²) in [6, 6.07) is 10.3. The summed E-state index contributed by atoms with van der Waals surface area (Å²) < 4.78 is 1.12. The Morgan fingerprint density at radius 2 is 1.93 bits per heavy atom. The van der Waals surface area contributed by atoms with Gasteiger partial charge in [0.1, 0.15) is 0 Å². The maximum absolute atomic E-state index is 5.33. The van der Waals surface area contributed by atoms with Crippen LogP contribution in [0.25, 0.3) is 6.08 Å². The number of rotatable bonds is 4. The largest absolute Gasteiger partial charge is 1.00 e. The van der Waals surface area contributed by atoms with Gasteiger partial charge in [0.05, 0.1) is 0 Å². The van der Waals surface area contributed by atoms with Gasteiger partial charge in [0.15, 0.2) is 0 Å². The van der Waals surface area contributed by atoms with E-state index in [9.17, 15) is 0 Å². The standard InChI is InChI=1S/C12H16SSe.Li/c1-10(2)9-14-12(13)8-11-6-4-3-5-7-11;/h3-8,10,13H,9H2,1-2H3;/q;+1/p-1/b12-8-;. The van der Waals surface area contributed by atoms with Gasteiger partial charge >= 0.3 is 117 Å². The predicted octanol–water partition coefficient (Wildman–Crippen LogP) is 0.314. The molecule has 0 saturated carbocycles. The predicted molar refractivity (Wildman–Crippen MR) is 67.2 cm³/mol. The maximum Gasteiger partial charge on any atom is 1.00 e. The second-order valence-electron chi connectivity index (χ2n) is 3.58. The molecule has 15 heavy (non-hydrogen) atoms. The van der Waals surface area contributed by atoms with Crippen LogP contribution in [0.4, 0.5) is 0 Å². The molecule has 1 rings (SSSR count). The Balaban J connectivity index is 0.00000196. The van der Waals surface area contributed by atoms with Crippen LogP contribution in [0.5, 0.6) is 0 Å². The fourth-order valence-electron chi connectivity index (χ4n) is 0.976. The second kappa shape index (κ2) is 8.45. The molecule has 0 fully saturated rings. The molecule has 0 saturated heterocycles. The molecule has 0 unspecified atom stereocenters. The van der Waals surface area contributed by atoms with Crippen molar-refractivity contribution in [3.8, 4) is 0 Å². The molecule has 1 aromatic rings. The van der Waals surface area contributed by atoms with E-state index in [0.717, 1.165) is 9.72 Å². The monoisotopic (exact) mass is 278 g/mol. The summed E-state index contributed by atoms with van der Waals surface area (Å²) in [6.45, 7) is 4.49. The summed E-state index contributed by atoms with van der Waals surface area (Å²) in [4.78, 5) is 0. The second-order valence-corrected chi connectivity index (χ2v) is 6.83. The van der Waals surface area contributed by atoms with E-state index in [1.807, 2.05) is 18.2 Å². The average molecular weight is 277 g/mol. The van der Waals surface area contributed by atoms with Crippen LogP contribution in [0.2, 0.25) is 5.32 Å². The summed E-state index contributed by atoms with van der Waals surface area (Å²) in [5, 5.41) is 1.25. The van der Waals surface area contributed by atoms with Crippen LogP contribution in [0.3, 0.4) is 0 Å². The molecule has 76 valence electrons. The first kappa shape index (κ1) is 15.3. The number of hydrogen-bond acceptors (Lipinski definition) is 1. The number of hydrogen-bond donors (Lipinski definition) is 0. The van der Waals surface area contributed by atoms with Crippen LogP contribution in [0.1, 0.15) is 19.4 Å². The van der Waals surface area contributed by atoms with Crippen molar-refractivity contribution in [2.24, 2.45) is 5.92 Å². The molecule has 1 aromatic carbocycles. The Morgan fingerprint density at radius 1 is 1.33 bits per heavy atom. The van der Waals surface area contributed by atoms with Crippen LogP contribution in [0, 0.1) is 5.92 Å². The molecule has 0 aliphatic heterocycles. The minimum absolute atomic E-state index is 0. The molecule has 3 heteroatoms. The Bertz CT molecular complexity index is 296. The van der Waals surface area contributed by atoms with Gasteiger partial charge in [-0.1, -0.05) is 0 Å². The Kier molecular flexibility index (Phi) is 8.62. The SMILES string of the molecule is CC(C)C[Se]/C([S-])=C\c1ccccc1.[Li+]. The molecule has 0 aliphatic rings. The fraction of sp³-hybridized carbons (Fsp3) is 0.333. The van der Waals surface area contributed by atoms with E-state index in [1.54, 1.807) is 0 Å². The van der Waals surface area contributed by atoms with Crippen LogP contribution >= 0.6 is 0 Å². The topological polar surface area (TPSA) is 0 Å². The van der Waals surface area contributed by atoms with Crippen molar-refractivity contribution in [1.82, 2.24) is 0 Å². The van der Waals surface area contributed by atoms with Crippen molar-refractivity contribution < 1.29 is 18.9 Å². The van der Waals surface area contributed by atoms with Gasteiger partial charge in [-0.15, -0.1) is 0 Å². The zero-order valence-corrected chi connectivity index (χ0v) is 12.1. The first-order valence-electron chi connectivity index (χ1n) is 4.75. The normalized spacial score (nSPS) is 11.3. The summed E-state index contributed by atoms with van der Waals surface area (Å²) in [7, 11) is 0. The summed E-state index contributed by atoms with van der Waals surface area (Å²) in [5.41, 5.74) is 1.23. The molecule has 0 N–H and O–H groups in total. The first-order valence-corrected chi connectivity index (χ1v) is 7.22. The van der Waals surface area contributed by atoms with Gasteiger partial charge in [-0.2, -0.15) is 0 Å². The van der Waals surface area contributed by atoms with Gasteiger partial charge in [0.25, 0.3) is 0 Å². The van der Waals surface area contributed by atoms with E-state index in [0.29, 0.717) is 15.0 Å². The third-order valence-electron chi connectivity index (χ3n) is 1.64. The Morgan fingerprint density at radius 3 is 2.47 bits per heavy atom. The summed E-state index contributed by atoms with van der Waals surface area (Å²) in [6.07, 6.45) is 2.12. The number of benzene rings is 1. The fourth-order valence-corrected chi connectivity index (χ4v) is 2.97. The van der Waals surface area contributed by atoms with Crippen molar-refractivity contribution in [3.63, 3.8) is 0 Å². The molecule has 0 aromatic heterocycles. The van der Waals surface area contributed by atoms with Crippen molar-refractivity contribution in [2.45, 2.75) is 19.2 Å². The van der Waals surface area contributed by atoms with Gasteiger partial charge < -0.3 is 0 Å². The van der Waals surface area contributed by atoms with Crippen LogP contribution in [0.15, 0.2) is 34.1 Å². The van der Waals surface area contributed by atoms with E-state index < -0.39 is 0 Å². The van der Waals surface area contributed by atoms with Gasteiger partial charge in [0, 0.05) is 0 Å². The first-order chi connectivity index (χ1) is 6.68. The molecule has 0 atom stereocenters. The van der Waals surface area contributed by atoms with Crippen molar-refractivity contribution in [2.75, 3.05) is 0 Å². The quantitative estimate of drug-likeness (QED) is 0.564. The minimum atomic E-state index is 0. The molecular formula is C12H15LiSSe.